The molecule has 21 heavy (non-hydrogen) atoms. The van der Waals surface area contributed by atoms with Crippen LogP contribution in [0.1, 0.15) is 24.8 Å². The number of nitrogens with one attached hydrogen (secondary N) is 2. The Morgan fingerprint density at radius 1 is 1.24 bits per heavy atom. The van der Waals surface area contributed by atoms with Crippen LogP contribution >= 0.6 is 0 Å². The van der Waals surface area contributed by atoms with Crippen LogP contribution in [-0.2, 0) is 6.54 Å². The molecule has 1 saturated carbocycles. The summed E-state index contributed by atoms with van der Waals surface area (Å²) < 4.78 is 10.6. The van der Waals surface area contributed by atoms with Crippen molar-refractivity contribution in [2.75, 3.05) is 27.8 Å². The molecule has 0 amide bonds. The zero-order chi connectivity index (χ0) is 15.1. The Bertz CT molecular complexity index is 484. The van der Waals surface area contributed by atoms with Crippen LogP contribution in [0.15, 0.2) is 23.2 Å². The van der Waals surface area contributed by atoms with Crippen molar-refractivity contribution >= 4 is 5.96 Å². The Kier molecular flexibility index (Phi) is 5.72. The van der Waals surface area contributed by atoms with Gasteiger partial charge in [0.15, 0.2) is 5.96 Å². The van der Waals surface area contributed by atoms with Gasteiger partial charge in [0, 0.05) is 31.8 Å². The van der Waals surface area contributed by atoms with E-state index in [9.17, 15) is 0 Å². The summed E-state index contributed by atoms with van der Waals surface area (Å²) in [5.74, 6) is 3.36. The molecule has 116 valence electrons. The largest absolute Gasteiger partial charge is 0.497 e. The van der Waals surface area contributed by atoms with Gasteiger partial charge in [-0.2, -0.15) is 0 Å². The van der Waals surface area contributed by atoms with Gasteiger partial charge in [-0.05, 0) is 24.5 Å². The van der Waals surface area contributed by atoms with E-state index in [1.807, 2.05) is 18.2 Å². The van der Waals surface area contributed by atoms with Crippen LogP contribution in [-0.4, -0.2) is 33.8 Å². The topological polar surface area (TPSA) is 54.9 Å². The van der Waals surface area contributed by atoms with E-state index < -0.39 is 0 Å². The number of benzene rings is 1. The van der Waals surface area contributed by atoms with E-state index in [2.05, 4.69) is 15.6 Å². The van der Waals surface area contributed by atoms with E-state index in [1.165, 1.54) is 19.3 Å². The lowest BCUT2D eigenvalue weighted by Gasteiger charge is -2.14. The number of nitrogens with zero attached hydrogens (tertiary/aromatic N) is 1. The van der Waals surface area contributed by atoms with Crippen molar-refractivity contribution in [2.24, 2.45) is 10.9 Å². The van der Waals surface area contributed by atoms with Crippen molar-refractivity contribution in [1.82, 2.24) is 10.6 Å². The standard InChI is InChI=1S/C16H25N3O2/c1-17-16(18-9-8-12-4-5-12)19-11-13-6-7-14(20-2)10-15(13)21-3/h6-7,10,12H,4-5,8-9,11H2,1-3H3,(H2,17,18,19). The highest BCUT2D eigenvalue weighted by Crippen LogP contribution is 2.31. The van der Waals surface area contributed by atoms with Gasteiger partial charge in [0.05, 0.1) is 14.2 Å². The van der Waals surface area contributed by atoms with Crippen LogP contribution in [0.25, 0.3) is 0 Å². The summed E-state index contributed by atoms with van der Waals surface area (Å²) in [6.45, 7) is 1.64. The molecule has 0 unspecified atom stereocenters. The van der Waals surface area contributed by atoms with Crippen LogP contribution in [0.4, 0.5) is 0 Å². The molecule has 0 aromatic heterocycles. The molecule has 1 aliphatic carbocycles. The Morgan fingerprint density at radius 2 is 2.05 bits per heavy atom. The van der Waals surface area contributed by atoms with Gasteiger partial charge in [-0.1, -0.05) is 12.8 Å². The van der Waals surface area contributed by atoms with Gasteiger partial charge >= 0.3 is 0 Å². The SMILES string of the molecule is CN=C(NCCC1CC1)NCc1ccc(OC)cc1OC. The van der Waals surface area contributed by atoms with E-state index in [4.69, 9.17) is 9.47 Å². The lowest BCUT2D eigenvalue weighted by molar-refractivity contribution is 0.390. The van der Waals surface area contributed by atoms with Crippen molar-refractivity contribution < 1.29 is 9.47 Å². The average molecular weight is 291 g/mol. The third kappa shape index (κ3) is 4.85. The van der Waals surface area contributed by atoms with Gasteiger partial charge < -0.3 is 20.1 Å². The van der Waals surface area contributed by atoms with Crippen LogP contribution in [0.5, 0.6) is 11.5 Å². The first kappa shape index (κ1) is 15.5. The first-order valence-corrected chi connectivity index (χ1v) is 7.42. The van der Waals surface area contributed by atoms with Crippen LogP contribution < -0.4 is 20.1 Å². The van der Waals surface area contributed by atoms with Gasteiger partial charge in [-0.25, -0.2) is 0 Å². The molecule has 0 spiro atoms. The van der Waals surface area contributed by atoms with E-state index >= 15 is 0 Å². The lowest BCUT2D eigenvalue weighted by Crippen LogP contribution is -2.37. The third-order valence-corrected chi connectivity index (χ3v) is 3.71. The molecule has 0 atom stereocenters. The average Bonchev–Trinajstić information content (AvgIpc) is 3.34. The summed E-state index contributed by atoms with van der Waals surface area (Å²) in [6, 6.07) is 5.82. The Hall–Kier alpha value is -1.91. The van der Waals surface area contributed by atoms with E-state index in [-0.39, 0.29) is 0 Å². The number of ether oxygens (including phenoxy) is 2. The molecule has 2 N–H and O–H groups in total. The molecule has 1 aliphatic rings. The van der Waals surface area contributed by atoms with Gasteiger partial charge in [0.2, 0.25) is 0 Å². The maximum atomic E-state index is 5.39. The molecule has 2 rings (SSSR count). The quantitative estimate of drug-likeness (QED) is 0.597. The van der Waals surface area contributed by atoms with Crippen molar-refractivity contribution in [3.05, 3.63) is 23.8 Å². The fraction of sp³-hybridized carbons (Fsp3) is 0.562. The summed E-state index contributed by atoms with van der Waals surface area (Å²) in [5, 5.41) is 6.65. The summed E-state index contributed by atoms with van der Waals surface area (Å²) in [5.41, 5.74) is 1.07. The normalized spacial score (nSPS) is 14.7. The van der Waals surface area contributed by atoms with Crippen molar-refractivity contribution in [1.29, 1.82) is 0 Å². The Labute approximate surface area is 126 Å². The highest BCUT2D eigenvalue weighted by atomic mass is 16.5. The molecule has 1 aromatic carbocycles. The molecule has 5 heteroatoms. The molecular weight excluding hydrogens is 266 g/mol. The molecule has 0 saturated heterocycles. The molecule has 1 aromatic rings. The highest BCUT2D eigenvalue weighted by Gasteiger charge is 2.20. The Morgan fingerprint density at radius 3 is 2.67 bits per heavy atom. The number of guanidine groups is 1. The van der Waals surface area contributed by atoms with Crippen LogP contribution in [0.2, 0.25) is 0 Å². The summed E-state index contributed by atoms with van der Waals surface area (Å²) in [7, 11) is 5.11. The molecular formula is C16H25N3O2. The summed E-state index contributed by atoms with van der Waals surface area (Å²) in [4.78, 5) is 4.24. The van der Waals surface area contributed by atoms with Gasteiger partial charge in [0.1, 0.15) is 11.5 Å². The van der Waals surface area contributed by atoms with Gasteiger partial charge in [0.25, 0.3) is 0 Å². The number of hydrogen-bond donors (Lipinski definition) is 2. The Balaban J connectivity index is 1.84. The second-order valence-electron chi connectivity index (χ2n) is 5.26. The van der Waals surface area contributed by atoms with Crippen LogP contribution in [0.3, 0.4) is 0 Å². The van der Waals surface area contributed by atoms with Gasteiger partial charge in [-0.15, -0.1) is 0 Å². The number of rotatable bonds is 7. The summed E-state index contributed by atoms with van der Waals surface area (Å²) in [6.07, 6.45) is 4.00. The smallest absolute Gasteiger partial charge is 0.191 e. The monoisotopic (exact) mass is 291 g/mol. The van der Waals surface area contributed by atoms with Crippen molar-refractivity contribution in [3.63, 3.8) is 0 Å². The second-order valence-corrected chi connectivity index (χ2v) is 5.26. The number of methoxy groups -OCH3 is 2. The highest BCUT2D eigenvalue weighted by molar-refractivity contribution is 5.79. The number of hydrogen-bond acceptors (Lipinski definition) is 3. The third-order valence-electron chi connectivity index (χ3n) is 3.71. The van der Waals surface area contributed by atoms with Crippen molar-refractivity contribution in [2.45, 2.75) is 25.8 Å². The molecule has 0 radical (unpaired) electrons. The minimum Gasteiger partial charge on any atom is -0.497 e. The van der Waals surface area contributed by atoms with E-state index in [1.54, 1.807) is 21.3 Å². The lowest BCUT2D eigenvalue weighted by atomic mass is 10.2. The zero-order valence-corrected chi connectivity index (χ0v) is 13.1. The fourth-order valence-electron chi connectivity index (χ4n) is 2.20. The molecule has 1 fully saturated rings. The first-order valence-electron chi connectivity index (χ1n) is 7.42. The second kappa shape index (κ2) is 7.76. The minimum absolute atomic E-state index is 0.663. The summed E-state index contributed by atoms with van der Waals surface area (Å²) >= 11 is 0. The molecule has 0 heterocycles. The molecule has 0 bridgehead atoms. The van der Waals surface area contributed by atoms with Crippen LogP contribution in [0, 0.1) is 5.92 Å². The molecule has 0 aliphatic heterocycles. The van der Waals surface area contributed by atoms with Crippen molar-refractivity contribution in [3.8, 4) is 11.5 Å². The maximum Gasteiger partial charge on any atom is 0.191 e. The number of aliphatic imine (C=N–C) groups is 1. The van der Waals surface area contributed by atoms with Gasteiger partial charge in [-0.3, -0.25) is 4.99 Å². The molecule has 5 nitrogen and oxygen atoms in total. The fourth-order valence-corrected chi connectivity index (χ4v) is 2.20. The maximum absolute atomic E-state index is 5.39. The predicted molar refractivity (Wildman–Crippen MR) is 85.1 cm³/mol. The van der Waals surface area contributed by atoms with E-state index in [0.717, 1.165) is 35.5 Å². The first-order chi connectivity index (χ1) is 10.3. The minimum atomic E-state index is 0.663. The predicted octanol–water partition coefficient (Wildman–Crippen LogP) is 2.17. The van der Waals surface area contributed by atoms with E-state index in [0.29, 0.717) is 6.54 Å². The zero-order valence-electron chi connectivity index (χ0n) is 13.1.